The van der Waals surface area contributed by atoms with Crippen molar-refractivity contribution in [3.8, 4) is 0 Å². The summed E-state index contributed by atoms with van der Waals surface area (Å²) in [5, 5.41) is 0. The van der Waals surface area contributed by atoms with Gasteiger partial charge in [0.2, 0.25) is 0 Å². The van der Waals surface area contributed by atoms with Crippen molar-refractivity contribution in [3.63, 3.8) is 0 Å². The largest absolute Gasteiger partial charge is 0.431 e. The second-order valence-electron chi connectivity index (χ2n) is 2.98. The minimum absolute atomic E-state index is 1.52. The van der Waals surface area contributed by atoms with Crippen LogP contribution in [0.3, 0.4) is 0 Å². The summed E-state index contributed by atoms with van der Waals surface area (Å²) in [7, 11) is -1.59. The Morgan fingerprint density at radius 2 is 1.70 bits per heavy atom. The molecule has 1 nitrogen and oxygen atoms in total. The Labute approximate surface area is 73.6 Å². The van der Waals surface area contributed by atoms with E-state index in [1.54, 1.807) is 0 Å². The van der Waals surface area contributed by atoms with Crippen LogP contribution in [-0.4, -0.2) is 15.3 Å². The monoisotopic (exact) mass is 214 g/mol. The zero-order valence-corrected chi connectivity index (χ0v) is 9.96. The smallest absolute Gasteiger partial charge is 0.405 e. The van der Waals surface area contributed by atoms with Crippen LogP contribution in [0.2, 0.25) is 19.6 Å². The van der Waals surface area contributed by atoms with Crippen LogP contribution in [0, 0.1) is 0 Å². The maximum Gasteiger partial charge on any atom is 0.405 e. The first-order valence-corrected chi connectivity index (χ1v) is 10.4. The van der Waals surface area contributed by atoms with Gasteiger partial charge in [0.05, 0.1) is 0 Å². The highest BCUT2D eigenvalue weighted by Gasteiger charge is 2.32. The lowest BCUT2D eigenvalue weighted by atomic mass is 11.3. The van der Waals surface area contributed by atoms with Crippen LogP contribution < -0.4 is 0 Å². The van der Waals surface area contributed by atoms with E-state index in [-0.39, 0.29) is 0 Å². The Bertz CT molecular complexity index is 130. The molecule has 60 valence electrons. The fourth-order valence-corrected chi connectivity index (χ4v) is 8.22. The van der Waals surface area contributed by atoms with Gasteiger partial charge < -0.3 is 4.12 Å². The third-order valence-corrected chi connectivity index (χ3v) is 7.01. The Morgan fingerprint density at radius 1 is 1.30 bits per heavy atom. The third-order valence-electron chi connectivity index (χ3n) is 0.680. The lowest BCUT2D eigenvalue weighted by Crippen LogP contribution is -2.37. The fourth-order valence-electron chi connectivity index (χ4n) is 0.450. The van der Waals surface area contributed by atoms with Crippen molar-refractivity contribution < 1.29 is 4.12 Å². The van der Waals surface area contributed by atoms with Gasteiger partial charge in [-0.2, -0.15) is 0 Å². The maximum atomic E-state index is 5.80. The molecule has 0 rings (SSSR count). The highest BCUT2D eigenvalue weighted by molar-refractivity contribution is 7.45. The van der Waals surface area contributed by atoms with E-state index in [9.17, 15) is 0 Å². The second-order valence-corrected chi connectivity index (χ2v) is 13.5. The minimum Gasteiger partial charge on any atom is -0.431 e. The van der Waals surface area contributed by atoms with E-state index in [0.717, 1.165) is 0 Å². The predicted molar refractivity (Wildman–Crippen MR) is 52.1 cm³/mol. The van der Waals surface area contributed by atoms with Gasteiger partial charge in [0.1, 0.15) is 0 Å². The second kappa shape index (κ2) is 3.41. The van der Waals surface area contributed by atoms with E-state index in [1.165, 1.54) is 5.70 Å². The first-order chi connectivity index (χ1) is 4.27. The molecule has 0 N–H and O–H groups in total. The van der Waals surface area contributed by atoms with Gasteiger partial charge in [-0.15, -0.1) is 28.7 Å². The topological polar surface area (TPSA) is 9.23 Å². The van der Waals surface area contributed by atoms with Gasteiger partial charge in [-0.25, -0.2) is 0 Å². The molecule has 0 aromatic heterocycles. The van der Waals surface area contributed by atoms with Crippen LogP contribution in [0.25, 0.3) is 0 Å². The van der Waals surface area contributed by atoms with Crippen LogP contribution in [0.1, 0.15) is 0 Å². The van der Waals surface area contributed by atoms with E-state index in [1.807, 2.05) is 19.6 Å². The molecule has 0 aromatic rings. The summed E-state index contributed by atoms with van der Waals surface area (Å²) in [4.78, 5) is 0. The number of hydrogen-bond donors (Lipinski definition) is 0. The molecule has 5 heteroatoms. The van der Waals surface area contributed by atoms with E-state index < -0.39 is 15.3 Å². The molecule has 0 heterocycles. The molecule has 0 saturated heterocycles. The quantitative estimate of drug-likeness (QED) is 0.519. The standard InChI is InChI=1S/C5H12Cl2OSi2/c1-5-10(6,7)8-9(2,3)4/h5H,1H2,2-4H3. The van der Waals surface area contributed by atoms with Crippen LogP contribution in [0.15, 0.2) is 12.3 Å². The molecule has 0 aliphatic carbocycles. The van der Waals surface area contributed by atoms with Crippen molar-refractivity contribution in [1.82, 2.24) is 0 Å². The molecule has 0 aliphatic heterocycles. The van der Waals surface area contributed by atoms with Crippen molar-refractivity contribution in [1.29, 1.82) is 0 Å². The normalized spacial score (nSPS) is 13.3. The van der Waals surface area contributed by atoms with Gasteiger partial charge in [0.15, 0.2) is 8.32 Å². The molecule has 0 atom stereocenters. The van der Waals surface area contributed by atoms with Crippen LogP contribution in [0.5, 0.6) is 0 Å². The number of rotatable bonds is 3. The van der Waals surface area contributed by atoms with Gasteiger partial charge in [0.25, 0.3) is 0 Å². The van der Waals surface area contributed by atoms with Crippen molar-refractivity contribution in [2.24, 2.45) is 0 Å². The summed E-state index contributed by atoms with van der Waals surface area (Å²) in [6, 6.07) is 0. The van der Waals surface area contributed by atoms with Gasteiger partial charge >= 0.3 is 6.94 Å². The highest BCUT2D eigenvalue weighted by Crippen LogP contribution is 2.22. The minimum atomic E-state index is -2.54. The fraction of sp³-hybridized carbons (Fsp3) is 0.600. The van der Waals surface area contributed by atoms with Gasteiger partial charge in [-0.1, -0.05) is 0 Å². The molecule has 0 amide bonds. The van der Waals surface area contributed by atoms with Gasteiger partial charge in [0, 0.05) is 0 Å². The van der Waals surface area contributed by atoms with Crippen LogP contribution >= 0.6 is 22.2 Å². The Balaban J connectivity index is 4.01. The summed E-state index contributed by atoms with van der Waals surface area (Å²) in [6.07, 6.45) is 0. The van der Waals surface area contributed by atoms with E-state index in [4.69, 9.17) is 26.3 Å². The summed E-state index contributed by atoms with van der Waals surface area (Å²) in [5.74, 6) is 0. The first-order valence-electron chi connectivity index (χ1n) is 2.98. The SMILES string of the molecule is C=C[Si](Cl)(Cl)O[Si](C)(C)C. The average Bonchev–Trinajstić information content (AvgIpc) is 1.60. The number of halogens is 2. The Hall–Kier alpha value is 0.714. The lowest BCUT2D eigenvalue weighted by molar-refractivity contribution is 0.592. The zero-order valence-electron chi connectivity index (χ0n) is 6.45. The zero-order chi connectivity index (χ0) is 8.41. The summed E-state index contributed by atoms with van der Waals surface area (Å²) in [5.41, 5.74) is 1.52. The first kappa shape index (κ1) is 10.7. The summed E-state index contributed by atoms with van der Waals surface area (Å²) < 4.78 is 5.46. The van der Waals surface area contributed by atoms with Gasteiger partial charge in [-0.05, 0) is 25.3 Å². The molecule has 0 fully saturated rings. The van der Waals surface area contributed by atoms with E-state index >= 15 is 0 Å². The lowest BCUT2D eigenvalue weighted by Gasteiger charge is -2.23. The molecule has 0 spiro atoms. The van der Waals surface area contributed by atoms with Crippen molar-refractivity contribution in [3.05, 3.63) is 12.3 Å². The highest BCUT2D eigenvalue weighted by atomic mass is 35.7. The summed E-state index contributed by atoms with van der Waals surface area (Å²) in [6.45, 7) is 7.10. The van der Waals surface area contributed by atoms with Crippen LogP contribution in [0.4, 0.5) is 0 Å². The molecule has 0 aromatic carbocycles. The predicted octanol–water partition coefficient (Wildman–Crippen LogP) is 2.98. The average molecular weight is 215 g/mol. The molecule has 0 unspecified atom stereocenters. The molecule has 10 heavy (non-hydrogen) atoms. The molecular weight excluding hydrogens is 203 g/mol. The third kappa shape index (κ3) is 5.49. The van der Waals surface area contributed by atoms with E-state index in [0.29, 0.717) is 0 Å². The summed E-state index contributed by atoms with van der Waals surface area (Å²) >= 11 is 11.6. The van der Waals surface area contributed by atoms with Crippen molar-refractivity contribution in [2.45, 2.75) is 19.6 Å². The maximum absolute atomic E-state index is 5.80. The van der Waals surface area contributed by atoms with Crippen LogP contribution in [-0.2, 0) is 4.12 Å². The van der Waals surface area contributed by atoms with Gasteiger partial charge in [-0.3, -0.25) is 0 Å². The number of hydrogen-bond acceptors (Lipinski definition) is 1. The van der Waals surface area contributed by atoms with Crippen molar-refractivity contribution >= 4 is 37.4 Å². The molecule has 0 radical (unpaired) electrons. The van der Waals surface area contributed by atoms with E-state index in [2.05, 4.69) is 6.58 Å². The Kier molecular flexibility index (Phi) is 3.65. The van der Waals surface area contributed by atoms with Crippen molar-refractivity contribution in [2.75, 3.05) is 0 Å². The molecule has 0 saturated carbocycles. The Morgan fingerprint density at radius 3 is 1.80 bits per heavy atom. The molecular formula is C5H12Cl2OSi2. The molecule has 0 bridgehead atoms. The molecule has 0 aliphatic rings.